The van der Waals surface area contributed by atoms with Gasteiger partial charge in [-0.2, -0.15) is 0 Å². The lowest BCUT2D eigenvalue weighted by Gasteiger charge is -2.21. The Balaban J connectivity index is 1.94. The average Bonchev–Trinajstić information content (AvgIpc) is 3.13. The molecule has 1 heterocycles. The number of hydrogen-bond donors (Lipinski definition) is 2. The summed E-state index contributed by atoms with van der Waals surface area (Å²) in [7, 11) is 0. The summed E-state index contributed by atoms with van der Waals surface area (Å²) in [6, 6.07) is 6.69. The Kier molecular flexibility index (Phi) is 9.26. The molecule has 1 aromatic heterocycles. The van der Waals surface area contributed by atoms with Crippen LogP contribution in [-0.4, -0.2) is 46.7 Å². The van der Waals surface area contributed by atoms with E-state index in [0.29, 0.717) is 28.0 Å². The number of thiazole rings is 1. The second-order valence-corrected chi connectivity index (χ2v) is 8.27. The summed E-state index contributed by atoms with van der Waals surface area (Å²) < 4.78 is 0. The molecule has 0 aliphatic rings. The summed E-state index contributed by atoms with van der Waals surface area (Å²) in [5.74, 6) is -0.670. The number of benzene rings is 1. The van der Waals surface area contributed by atoms with Gasteiger partial charge in [0, 0.05) is 28.6 Å². The number of amides is 3. The van der Waals surface area contributed by atoms with Crippen molar-refractivity contribution >= 4 is 45.8 Å². The van der Waals surface area contributed by atoms with Crippen LogP contribution in [0, 0.1) is 0 Å². The van der Waals surface area contributed by atoms with Crippen molar-refractivity contribution in [2.45, 2.75) is 46.1 Å². The quantitative estimate of drug-likeness (QED) is 0.576. The molecule has 1 atom stereocenters. The van der Waals surface area contributed by atoms with E-state index in [4.69, 9.17) is 11.6 Å². The predicted molar refractivity (Wildman–Crippen MR) is 120 cm³/mol. The van der Waals surface area contributed by atoms with E-state index in [-0.39, 0.29) is 36.7 Å². The lowest BCUT2D eigenvalue weighted by molar-refractivity contribution is -0.121. The molecular weight excluding hydrogens is 424 g/mol. The van der Waals surface area contributed by atoms with Crippen LogP contribution in [0.5, 0.6) is 0 Å². The number of carbonyl (C=O) groups is 3. The summed E-state index contributed by atoms with van der Waals surface area (Å²) >= 11 is 7.13. The van der Waals surface area contributed by atoms with Gasteiger partial charge in [-0.25, -0.2) is 4.98 Å². The summed E-state index contributed by atoms with van der Waals surface area (Å²) in [6.07, 6.45) is 1.74. The Morgan fingerprint density at radius 1 is 1.17 bits per heavy atom. The smallest absolute Gasteiger partial charge is 0.254 e. The summed E-state index contributed by atoms with van der Waals surface area (Å²) in [4.78, 5) is 42.9. The number of halogens is 1. The monoisotopic (exact) mass is 450 g/mol. The van der Waals surface area contributed by atoms with Gasteiger partial charge in [0.25, 0.3) is 5.91 Å². The van der Waals surface area contributed by atoms with Crippen LogP contribution in [0.1, 0.15) is 49.7 Å². The average molecular weight is 451 g/mol. The first-order chi connectivity index (χ1) is 14.3. The van der Waals surface area contributed by atoms with Crippen LogP contribution in [0.2, 0.25) is 5.02 Å². The van der Waals surface area contributed by atoms with Crippen molar-refractivity contribution in [2.24, 2.45) is 0 Å². The molecule has 7 nitrogen and oxygen atoms in total. The molecule has 0 bridgehead atoms. The van der Waals surface area contributed by atoms with Crippen LogP contribution in [0.4, 0.5) is 5.13 Å². The SMILES string of the molecule is CCCN(CC(=O)Nc1nc(CC(=O)NC(C)CC)cs1)C(=O)c1ccc(Cl)cc1. The minimum atomic E-state index is -0.337. The Morgan fingerprint density at radius 3 is 2.50 bits per heavy atom. The topological polar surface area (TPSA) is 91.4 Å². The molecule has 0 aliphatic heterocycles. The summed E-state index contributed by atoms with van der Waals surface area (Å²) in [6.45, 7) is 6.25. The van der Waals surface area contributed by atoms with Crippen molar-refractivity contribution in [3.05, 3.63) is 45.9 Å². The Hall–Kier alpha value is -2.45. The van der Waals surface area contributed by atoms with Crippen molar-refractivity contribution in [3.8, 4) is 0 Å². The zero-order valence-corrected chi connectivity index (χ0v) is 19.0. The van der Waals surface area contributed by atoms with Crippen LogP contribution >= 0.6 is 22.9 Å². The molecule has 9 heteroatoms. The number of rotatable bonds is 10. The Morgan fingerprint density at radius 2 is 1.87 bits per heavy atom. The third kappa shape index (κ3) is 7.42. The van der Waals surface area contributed by atoms with E-state index >= 15 is 0 Å². The molecule has 0 spiro atoms. The Bertz CT molecular complexity index is 869. The number of hydrogen-bond acceptors (Lipinski definition) is 5. The maximum atomic E-state index is 12.7. The van der Waals surface area contributed by atoms with Gasteiger partial charge in [0.15, 0.2) is 5.13 Å². The van der Waals surface area contributed by atoms with Crippen molar-refractivity contribution < 1.29 is 14.4 Å². The molecule has 0 radical (unpaired) electrons. The number of aromatic nitrogens is 1. The highest BCUT2D eigenvalue weighted by atomic mass is 35.5. The molecule has 0 saturated carbocycles. The molecule has 1 aromatic carbocycles. The van der Waals surface area contributed by atoms with Crippen molar-refractivity contribution in [2.75, 3.05) is 18.4 Å². The fraction of sp³-hybridized carbons (Fsp3) is 0.429. The molecule has 30 heavy (non-hydrogen) atoms. The molecule has 2 N–H and O–H groups in total. The van der Waals surface area contributed by atoms with Crippen molar-refractivity contribution in [1.82, 2.24) is 15.2 Å². The highest BCUT2D eigenvalue weighted by molar-refractivity contribution is 7.13. The van der Waals surface area contributed by atoms with Crippen LogP contribution in [0.3, 0.4) is 0 Å². The van der Waals surface area contributed by atoms with Gasteiger partial charge in [0.1, 0.15) is 6.54 Å². The Labute approximate surface area is 185 Å². The van der Waals surface area contributed by atoms with Gasteiger partial charge in [-0.1, -0.05) is 25.4 Å². The second-order valence-electron chi connectivity index (χ2n) is 6.98. The first-order valence-electron chi connectivity index (χ1n) is 9.90. The molecule has 2 aromatic rings. The zero-order chi connectivity index (χ0) is 22.1. The van der Waals surface area contributed by atoms with E-state index in [1.807, 2.05) is 20.8 Å². The zero-order valence-electron chi connectivity index (χ0n) is 17.4. The first kappa shape index (κ1) is 23.8. The fourth-order valence-electron chi connectivity index (χ4n) is 2.67. The van der Waals surface area contributed by atoms with Gasteiger partial charge in [0.05, 0.1) is 12.1 Å². The van der Waals surface area contributed by atoms with Gasteiger partial charge < -0.3 is 15.5 Å². The third-order valence-corrected chi connectivity index (χ3v) is 5.42. The standard InChI is InChI=1S/C21H27ClN4O3S/c1-4-10-26(20(29)15-6-8-16(22)9-7-15)12-19(28)25-21-24-17(13-30-21)11-18(27)23-14(3)5-2/h6-9,13-14H,4-5,10-12H2,1-3H3,(H,23,27)(H,24,25,28). The van der Waals surface area contributed by atoms with E-state index < -0.39 is 0 Å². The molecular formula is C21H27ClN4O3S. The normalized spacial score (nSPS) is 11.6. The highest BCUT2D eigenvalue weighted by Crippen LogP contribution is 2.16. The first-order valence-corrected chi connectivity index (χ1v) is 11.2. The van der Waals surface area contributed by atoms with E-state index in [9.17, 15) is 14.4 Å². The number of nitrogens with zero attached hydrogens (tertiary/aromatic N) is 2. The molecule has 1 unspecified atom stereocenters. The van der Waals surface area contributed by atoms with Gasteiger partial charge in [-0.3, -0.25) is 14.4 Å². The highest BCUT2D eigenvalue weighted by Gasteiger charge is 2.19. The molecule has 2 rings (SSSR count). The van der Waals surface area contributed by atoms with E-state index in [1.165, 1.54) is 16.2 Å². The van der Waals surface area contributed by atoms with Crippen LogP contribution in [0.25, 0.3) is 0 Å². The van der Waals surface area contributed by atoms with Gasteiger partial charge in [-0.15, -0.1) is 11.3 Å². The number of anilines is 1. The van der Waals surface area contributed by atoms with Crippen LogP contribution in [0.15, 0.2) is 29.6 Å². The second kappa shape index (κ2) is 11.7. The summed E-state index contributed by atoms with van der Waals surface area (Å²) in [5, 5.41) is 8.29. The minimum absolute atomic E-state index is 0.0846. The van der Waals surface area contributed by atoms with E-state index in [0.717, 1.165) is 12.8 Å². The van der Waals surface area contributed by atoms with E-state index in [1.54, 1.807) is 29.6 Å². The predicted octanol–water partition coefficient (Wildman–Crippen LogP) is 3.74. The van der Waals surface area contributed by atoms with Crippen LogP contribution < -0.4 is 10.6 Å². The van der Waals surface area contributed by atoms with Gasteiger partial charge in [-0.05, 0) is 44.0 Å². The van der Waals surface area contributed by atoms with Crippen molar-refractivity contribution in [3.63, 3.8) is 0 Å². The molecule has 0 aliphatic carbocycles. The fourth-order valence-corrected chi connectivity index (χ4v) is 3.52. The lowest BCUT2D eigenvalue weighted by Crippen LogP contribution is -2.38. The molecule has 3 amide bonds. The number of carbonyl (C=O) groups excluding carboxylic acids is 3. The van der Waals surface area contributed by atoms with Crippen LogP contribution in [-0.2, 0) is 16.0 Å². The largest absolute Gasteiger partial charge is 0.353 e. The number of nitrogens with one attached hydrogen (secondary N) is 2. The molecule has 0 fully saturated rings. The minimum Gasteiger partial charge on any atom is -0.353 e. The van der Waals surface area contributed by atoms with Gasteiger partial charge >= 0.3 is 0 Å². The lowest BCUT2D eigenvalue weighted by atomic mass is 10.2. The third-order valence-electron chi connectivity index (χ3n) is 4.37. The van der Waals surface area contributed by atoms with Crippen molar-refractivity contribution in [1.29, 1.82) is 0 Å². The summed E-state index contributed by atoms with van der Waals surface area (Å²) in [5.41, 5.74) is 1.07. The van der Waals surface area contributed by atoms with Gasteiger partial charge in [0.2, 0.25) is 11.8 Å². The van der Waals surface area contributed by atoms with E-state index in [2.05, 4.69) is 15.6 Å². The maximum Gasteiger partial charge on any atom is 0.254 e. The molecule has 162 valence electrons. The maximum absolute atomic E-state index is 12.7. The molecule has 0 saturated heterocycles.